The summed E-state index contributed by atoms with van der Waals surface area (Å²) in [6, 6.07) is 3.60. The van der Waals surface area contributed by atoms with Crippen LogP contribution in [-0.2, 0) is 24.2 Å². The molecule has 2 aromatic rings. The third-order valence-corrected chi connectivity index (χ3v) is 4.46. The number of nitrogens with zero attached hydrogens (tertiary/aromatic N) is 2. The minimum Gasteiger partial charge on any atom is -0.496 e. The Morgan fingerprint density at radius 3 is 2.56 bits per heavy atom. The van der Waals surface area contributed by atoms with Crippen molar-refractivity contribution < 1.29 is 23.5 Å². The van der Waals surface area contributed by atoms with Crippen LogP contribution in [0.15, 0.2) is 22.9 Å². The van der Waals surface area contributed by atoms with E-state index in [1.54, 1.807) is 39.7 Å². The van der Waals surface area contributed by atoms with Gasteiger partial charge in [0.05, 0.1) is 34.1 Å². The van der Waals surface area contributed by atoms with E-state index in [0.717, 1.165) is 16.9 Å². The number of aromatic nitrogens is 1. The van der Waals surface area contributed by atoms with E-state index in [1.807, 2.05) is 4.90 Å². The van der Waals surface area contributed by atoms with E-state index < -0.39 is 0 Å². The lowest BCUT2D eigenvalue weighted by molar-refractivity contribution is -0.132. The molecule has 2 heterocycles. The average Bonchev–Trinajstić information content (AvgIpc) is 3.12. The molecule has 0 spiro atoms. The summed E-state index contributed by atoms with van der Waals surface area (Å²) < 4.78 is 21.3. The molecule has 0 saturated heterocycles. The van der Waals surface area contributed by atoms with Crippen molar-refractivity contribution in [2.45, 2.75) is 25.8 Å². The van der Waals surface area contributed by atoms with Gasteiger partial charge in [0, 0.05) is 42.6 Å². The van der Waals surface area contributed by atoms with E-state index in [4.69, 9.17) is 18.7 Å². The first-order valence-electron chi connectivity index (χ1n) is 8.15. The van der Waals surface area contributed by atoms with Crippen LogP contribution in [0.2, 0.25) is 0 Å². The zero-order valence-electron chi connectivity index (χ0n) is 14.7. The molecule has 1 amide bonds. The van der Waals surface area contributed by atoms with Crippen molar-refractivity contribution in [1.82, 2.24) is 10.1 Å². The normalized spacial score (nSPS) is 13.3. The summed E-state index contributed by atoms with van der Waals surface area (Å²) in [6.45, 7) is 1.20. The molecule has 1 aromatic heterocycles. The van der Waals surface area contributed by atoms with Crippen molar-refractivity contribution in [3.8, 4) is 17.2 Å². The first kappa shape index (κ1) is 17.1. The molecule has 1 aliphatic rings. The summed E-state index contributed by atoms with van der Waals surface area (Å²) in [4.78, 5) is 14.4. The van der Waals surface area contributed by atoms with Crippen LogP contribution in [0.4, 0.5) is 0 Å². The number of fused-ring (bicyclic) bond motifs is 1. The van der Waals surface area contributed by atoms with Gasteiger partial charge in [0.15, 0.2) is 0 Å². The summed E-state index contributed by atoms with van der Waals surface area (Å²) >= 11 is 0. The lowest BCUT2D eigenvalue weighted by Gasteiger charge is -2.26. The molecule has 25 heavy (non-hydrogen) atoms. The van der Waals surface area contributed by atoms with Gasteiger partial charge in [-0.05, 0) is 6.42 Å². The second-order valence-electron chi connectivity index (χ2n) is 5.85. The number of amides is 1. The number of carbonyl (C=O) groups is 1. The molecule has 0 saturated carbocycles. The zero-order chi connectivity index (χ0) is 17.8. The highest BCUT2D eigenvalue weighted by Gasteiger charge is 2.24. The fourth-order valence-electron chi connectivity index (χ4n) is 3.07. The minimum absolute atomic E-state index is 0.0896. The van der Waals surface area contributed by atoms with E-state index in [9.17, 15) is 4.79 Å². The maximum Gasteiger partial charge on any atom is 0.223 e. The number of benzene rings is 1. The van der Waals surface area contributed by atoms with Crippen LogP contribution in [0.5, 0.6) is 17.2 Å². The molecule has 134 valence electrons. The summed E-state index contributed by atoms with van der Waals surface area (Å²) in [5, 5.41) is 3.79. The molecular weight excluding hydrogens is 324 g/mol. The third kappa shape index (κ3) is 3.55. The Morgan fingerprint density at radius 1 is 1.20 bits per heavy atom. The number of hydrogen-bond acceptors (Lipinski definition) is 6. The minimum atomic E-state index is 0.0896. The number of ether oxygens (including phenoxy) is 3. The highest BCUT2D eigenvalue weighted by atomic mass is 16.5. The molecule has 3 rings (SSSR count). The maximum atomic E-state index is 12.6. The SMILES string of the molecule is COc1cc(OC)c(CCC(=O)N2CCc3oncc3C2)c(OC)c1. The Labute approximate surface area is 146 Å². The summed E-state index contributed by atoms with van der Waals surface area (Å²) in [5.41, 5.74) is 1.85. The number of hydrogen-bond donors (Lipinski definition) is 0. The van der Waals surface area contributed by atoms with E-state index in [1.165, 1.54) is 0 Å². The largest absolute Gasteiger partial charge is 0.496 e. The molecule has 0 fully saturated rings. The van der Waals surface area contributed by atoms with E-state index in [-0.39, 0.29) is 5.91 Å². The second kappa shape index (κ2) is 7.46. The lowest BCUT2D eigenvalue weighted by Crippen LogP contribution is -2.35. The van der Waals surface area contributed by atoms with Gasteiger partial charge in [0.25, 0.3) is 0 Å². The van der Waals surface area contributed by atoms with Crippen LogP contribution in [0.25, 0.3) is 0 Å². The number of carbonyl (C=O) groups excluding carboxylic acids is 1. The molecule has 7 nitrogen and oxygen atoms in total. The Bertz CT molecular complexity index is 731. The van der Waals surface area contributed by atoms with E-state index in [2.05, 4.69) is 5.16 Å². The quantitative estimate of drug-likeness (QED) is 0.798. The van der Waals surface area contributed by atoms with Gasteiger partial charge in [-0.15, -0.1) is 0 Å². The first-order valence-corrected chi connectivity index (χ1v) is 8.15. The van der Waals surface area contributed by atoms with Gasteiger partial charge in [-0.3, -0.25) is 4.79 Å². The number of rotatable bonds is 6. The average molecular weight is 346 g/mol. The molecular formula is C18H22N2O5. The molecule has 1 aliphatic heterocycles. The van der Waals surface area contributed by atoms with Gasteiger partial charge in [0.2, 0.25) is 5.91 Å². The monoisotopic (exact) mass is 346 g/mol. The van der Waals surface area contributed by atoms with E-state index >= 15 is 0 Å². The van der Waals surface area contributed by atoms with Crippen molar-refractivity contribution in [3.05, 3.63) is 35.2 Å². The van der Waals surface area contributed by atoms with Crippen LogP contribution < -0.4 is 14.2 Å². The fourth-order valence-corrected chi connectivity index (χ4v) is 3.07. The smallest absolute Gasteiger partial charge is 0.223 e. The predicted octanol–water partition coefficient (Wildman–Crippen LogP) is 2.22. The lowest BCUT2D eigenvalue weighted by atomic mass is 10.0. The number of methoxy groups -OCH3 is 3. The first-order chi connectivity index (χ1) is 12.2. The van der Waals surface area contributed by atoms with Crippen LogP contribution in [0, 0.1) is 0 Å². The highest BCUT2D eigenvalue weighted by Crippen LogP contribution is 2.35. The molecule has 0 N–H and O–H groups in total. The van der Waals surface area contributed by atoms with Gasteiger partial charge in [-0.1, -0.05) is 5.16 Å². The molecule has 0 bridgehead atoms. The Hall–Kier alpha value is -2.70. The fraction of sp³-hybridized carbons (Fsp3) is 0.444. The van der Waals surface area contributed by atoms with Gasteiger partial charge >= 0.3 is 0 Å². The van der Waals surface area contributed by atoms with Crippen molar-refractivity contribution in [1.29, 1.82) is 0 Å². The standard InChI is InChI=1S/C18H22N2O5/c1-22-13-8-16(23-2)14(17(9-13)24-3)4-5-18(21)20-7-6-15-12(11-20)10-19-25-15/h8-10H,4-7,11H2,1-3H3. The molecule has 0 unspecified atom stereocenters. The van der Waals surface area contributed by atoms with Crippen LogP contribution in [0.1, 0.15) is 23.3 Å². The van der Waals surface area contributed by atoms with Crippen LogP contribution >= 0.6 is 0 Å². The Balaban J connectivity index is 1.70. The van der Waals surface area contributed by atoms with Gasteiger partial charge in [0.1, 0.15) is 23.0 Å². The van der Waals surface area contributed by atoms with Crippen LogP contribution in [-0.4, -0.2) is 43.8 Å². The molecule has 0 atom stereocenters. The van der Waals surface area contributed by atoms with Crippen molar-refractivity contribution in [2.75, 3.05) is 27.9 Å². The molecule has 1 aromatic carbocycles. The topological polar surface area (TPSA) is 74.0 Å². The summed E-state index contributed by atoms with van der Waals surface area (Å²) in [6.07, 6.45) is 3.29. The third-order valence-electron chi connectivity index (χ3n) is 4.46. The van der Waals surface area contributed by atoms with Gasteiger partial charge in [-0.25, -0.2) is 0 Å². The molecule has 0 radical (unpaired) electrons. The van der Waals surface area contributed by atoms with E-state index in [0.29, 0.717) is 49.6 Å². The molecule has 7 heteroatoms. The Kier molecular flexibility index (Phi) is 5.11. The van der Waals surface area contributed by atoms with Crippen molar-refractivity contribution in [3.63, 3.8) is 0 Å². The maximum absolute atomic E-state index is 12.6. The summed E-state index contributed by atoms with van der Waals surface area (Å²) in [5.74, 6) is 2.93. The van der Waals surface area contributed by atoms with Crippen molar-refractivity contribution >= 4 is 5.91 Å². The predicted molar refractivity (Wildman–Crippen MR) is 90.0 cm³/mol. The van der Waals surface area contributed by atoms with Crippen LogP contribution in [0.3, 0.4) is 0 Å². The molecule has 0 aliphatic carbocycles. The van der Waals surface area contributed by atoms with Crippen molar-refractivity contribution in [2.24, 2.45) is 0 Å². The zero-order valence-corrected chi connectivity index (χ0v) is 14.7. The van der Waals surface area contributed by atoms with Gasteiger partial charge in [-0.2, -0.15) is 0 Å². The Morgan fingerprint density at radius 2 is 1.92 bits per heavy atom. The second-order valence-corrected chi connectivity index (χ2v) is 5.85. The summed E-state index contributed by atoms with van der Waals surface area (Å²) in [7, 11) is 4.78. The van der Waals surface area contributed by atoms with Gasteiger partial charge < -0.3 is 23.6 Å². The highest BCUT2D eigenvalue weighted by molar-refractivity contribution is 5.77.